The average molecular weight is 306 g/mol. The van der Waals surface area contributed by atoms with Crippen LogP contribution in [0, 0.1) is 5.41 Å². The van der Waals surface area contributed by atoms with Crippen molar-refractivity contribution in [2.45, 2.75) is 58.5 Å². The van der Waals surface area contributed by atoms with Gasteiger partial charge in [0, 0.05) is 18.4 Å². The van der Waals surface area contributed by atoms with Crippen LogP contribution in [0.1, 0.15) is 52.9 Å². The maximum Gasteiger partial charge on any atom is 0.0718 e. The lowest BCUT2D eigenvalue weighted by atomic mass is 9.75. The van der Waals surface area contributed by atoms with Gasteiger partial charge in [0.2, 0.25) is 0 Å². The zero-order valence-electron chi connectivity index (χ0n) is 11.6. The van der Waals surface area contributed by atoms with Crippen molar-refractivity contribution in [3.05, 3.63) is 0 Å². The van der Waals surface area contributed by atoms with E-state index in [1.807, 2.05) is 13.8 Å². The van der Waals surface area contributed by atoms with E-state index >= 15 is 0 Å². The minimum absolute atomic E-state index is 0.444. The van der Waals surface area contributed by atoms with Crippen molar-refractivity contribution in [1.82, 2.24) is 4.90 Å². The first-order chi connectivity index (χ1) is 7.91. The van der Waals surface area contributed by atoms with Gasteiger partial charge in [-0.15, -0.1) is 0 Å². The summed E-state index contributed by atoms with van der Waals surface area (Å²) in [6.07, 6.45) is 6.80. The van der Waals surface area contributed by atoms with E-state index in [9.17, 15) is 5.11 Å². The van der Waals surface area contributed by atoms with Gasteiger partial charge in [-0.05, 0) is 38.6 Å². The minimum atomic E-state index is -0.585. The van der Waals surface area contributed by atoms with E-state index in [4.69, 9.17) is 0 Å². The Bertz CT molecular complexity index is 219. The monoisotopic (exact) mass is 305 g/mol. The Morgan fingerprint density at radius 3 is 2.24 bits per heavy atom. The molecule has 3 heteroatoms. The predicted octanol–water partition coefficient (Wildman–Crippen LogP) is 3.42. The van der Waals surface area contributed by atoms with E-state index < -0.39 is 5.60 Å². The molecule has 0 atom stereocenters. The normalized spacial score (nSPS) is 20.8. The van der Waals surface area contributed by atoms with E-state index in [0.717, 1.165) is 25.0 Å². The second kappa shape index (κ2) is 6.53. The van der Waals surface area contributed by atoms with Gasteiger partial charge >= 0.3 is 0 Å². The summed E-state index contributed by atoms with van der Waals surface area (Å²) in [7, 11) is 0. The number of hydrogen-bond donors (Lipinski definition) is 1. The molecule has 0 bridgehead atoms. The van der Waals surface area contributed by atoms with Crippen molar-refractivity contribution in [3.63, 3.8) is 0 Å². The molecule has 17 heavy (non-hydrogen) atoms. The van der Waals surface area contributed by atoms with Crippen molar-refractivity contribution in [1.29, 1.82) is 0 Å². The third-order valence-electron chi connectivity index (χ3n) is 3.81. The quantitative estimate of drug-likeness (QED) is 0.760. The molecule has 1 saturated carbocycles. The fourth-order valence-corrected chi connectivity index (χ4v) is 3.67. The van der Waals surface area contributed by atoms with E-state index in [-0.39, 0.29) is 0 Å². The number of rotatable bonds is 6. The van der Waals surface area contributed by atoms with E-state index in [1.54, 1.807) is 0 Å². The first-order valence-electron chi connectivity index (χ1n) is 6.91. The molecule has 0 spiro atoms. The van der Waals surface area contributed by atoms with Crippen LogP contribution < -0.4 is 0 Å². The van der Waals surface area contributed by atoms with E-state index in [2.05, 4.69) is 27.8 Å². The van der Waals surface area contributed by atoms with Gasteiger partial charge in [-0.25, -0.2) is 0 Å². The van der Waals surface area contributed by atoms with Crippen molar-refractivity contribution < 1.29 is 5.11 Å². The van der Waals surface area contributed by atoms with Gasteiger partial charge < -0.3 is 10.0 Å². The number of nitrogens with zero attached hydrogens (tertiary/aromatic N) is 1. The topological polar surface area (TPSA) is 23.5 Å². The van der Waals surface area contributed by atoms with Crippen LogP contribution in [-0.4, -0.2) is 40.6 Å². The molecule has 1 fully saturated rings. The van der Waals surface area contributed by atoms with Crippen molar-refractivity contribution in [2.24, 2.45) is 5.41 Å². The standard InChI is InChI=1S/C14H28BrNO/c1-4-16(11-13(2,3)17)12-14(10-15)8-6-5-7-9-14/h17H,4-12H2,1-3H3. The number of hydrogen-bond acceptors (Lipinski definition) is 2. The Balaban J connectivity index is 2.58. The highest BCUT2D eigenvalue weighted by Crippen LogP contribution is 2.38. The third kappa shape index (κ3) is 5.27. The molecule has 1 rings (SSSR count). The van der Waals surface area contributed by atoms with Crippen LogP contribution in [0.4, 0.5) is 0 Å². The lowest BCUT2D eigenvalue weighted by Crippen LogP contribution is -2.46. The number of alkyl halides is 1. The molecule has 0 aromatic rings. The predicted molar refractivity (Wildman–Crippen MR) is 77.7 cm³/mol. The summed E-state index contributed by atoms with van der Waals surface area (Å²) in [6.45, 7) is 8.92. The summed E-state index contributed by atoms with van der Waals surface area (Å²) < 4.78 is 0. The molecule has 0 amide bonds. The van der Waals surface area contributed by atoms with Crippen molar-refractivity contribution in [3.8, 4) is 0 Å². The van der Waals surface area contributed by atoms with Crippen LogP contribution in [0.15, 0.2) is 0 Å². The summed E-state index contributed by atoms with van der Waals surface area (Å²) in [5.41, 5.74) is -0.141. The summed E-state index contributed by atoms with van der Waals surface area (Å²) in [6, 6.07) is 0. The van der Waals surface area contributed by atoms with Crippen molar-refractivity contribution in [2.75, 3.05) is 25.0 Å². The summed E-state index contributed by atoms with van der Waals surface area (Å²) >= 11 is 3.72. The summed E-state index contributed by atoms with van der Waals surface area (Å²) in [4.78, 5) is 2.41. The molecular weight excluding hydrogens is 278 g/mol. The number of likely N-dealkylation sites (N-methyl/N-ethyl adjacent to an activating group) is 1. The fraction of sp³-hybridized carbons (Fsp3) is 1.00. The molecular formula is C14H28BrNO. The van der Waals surface area contributed by atoms with Gasteiger partial charge in [-0.1, -0.05) is 42.1 Å². The largest absolute Gasteiger partial charge is 0.389 e. The summed E-state index contributed by atoms with van der Waals surface area (Å²) in [5.74, 6) is 0. The Kier molecular flexibility index (Phi) is 5.94. The Labute approximate surface area is 115 Å². The van der Waals surface area contributed by atoms with Gasteiger partial charge in [0.1, 0.15) is 0 Å². The second-order valence-corrected chi connectivity index (χ2v) is 6.87. The lowest BCUT2D eigenvalue weighted by molar-refractivity contribution is 0.0192. The van der Waals surface area contributed by atoms with Crippen molar-refractivity contribution >= 4 is 15.9 Å². The zero-order chi connectivity index (χ0) is 12.9. The fourth-order valence-electron chi connectivity index (χ4n) is 2.94. The first kappa shape index (κ1) is 15.5. The molecule has 2 nitrogen and oxygen atoms in total. The number of halogens is 1. The summed E-state index contributed by atoms with van der Waals surface area (Å²) in [5, 5.41) is 11.1. The zero-order valence-corrected chi connectivity index (χ0v) is 13.2. The molecule has 0 saturated heterocycles. The highest BCUT2D eigenvalue weighted by molar-refractivity contribution is 9.09. The molecule has 0 heterocycles. The van der Waals surface area contributed by atoms with Crippen LogP contribution in [0.25, 0.3) is 0 Å². The SMILES string of the molecule is CCN(CC(C)(C)O)CC1(CBr)CCCCC1. The molecule has 1 N–H and O–H groups in total. The molecule has 0 unspecified atom stereocenters. The van der Waals surface area contributed by atoms with Gasteiger partial charge in [-0.3, -0.25) is 0 Å². The van der Waals surface area contributed by atoms with Gasteiger partial charge in [0.05, 0.1) is 5.60 Å². The van der Waals surface area contributed by atoms with Gasteiger partial charge in [0.15, 0.2) is 0 Å². The molecule has 102 valence electrons. The average Bonchev–Trinajstić information content (AvgIpc) is 2.27. The van der Waals surface area contributed by atoms with Crippen LogP contribution in [0.5, 0.6) is 0 Å². The lowest BCUT2D eigenvalue weighted by Gasteiger charge is -2.41. The van der Waals surface area contributed by atoms with E-state index in [0.29, 0.717) is 5.41 Å². The maximum absolute atomic E-state index is 9.95. The number of aliphatic hydroxyl groups is 1. The molecule has 1 aliphatic carbocycles. The first-order valence-corrected chi connectivity index (χ1v) is 8.04. The highest BCUT2D eigenvalue weighted by Gasteiger charge is 2.33. The van der Waals surface area contributed by atoms with Crippen LogP contribution in [0.3, 0.4) is 0 Å². The Morgan fingerprint density at radius 2 is 1.82 bits per heavy atom. The van der Waals surface area contributed by atoms with Crippen LogP contribution >= 0.6 is 15.9 Å². The highest BCUT2D eigenvalue weighted by atomic mass is 79.9. The molecule has 0 aromatic heterocycles. The second-order valence-electron chi connectivity index (χ2n) is 6.31. The van der Waals surface area contributed by atoms with Gasteiger partial charge in [0.25, 0.3) is 0 Å². The Morgan fingerprint density at radius 1 is 1.24 bits per heavy atom. The van der Waals surface area contributed by atoms with Gasteiger partial charge in [-0.2, -0.15) is 0 Å². The molecule has 0 radical (unpaired) electrons. The maximum atomic E-state index is 9.95. The van der Waals surface area contributed by atoms with Crippen LogP contribution in [-0.2, 0) is 0 Å². The smallest absolute Gasteiger partial charge is 0.0718 e. The third-order valence-corrected chi connectivity index (χ3v) is 5.00. The molecule has 0 aromatic carbocycles. The molecule has 1 aliphatic rings. The minimum Gasteiger partial charge on any atom is -0.389 e. The Hall–Kier alpha value is 0.400. The van der Waals surface area contributed by atoms with Crippen LogP contribution in [0.2, 0.25) is 0 Å². The molecule has 0 aliphatic heterocycles. The van der Waals surface area contributed by atoms with E-state index in [1.165, 1.54) is 32.1 Å².